The molecule has 1 aliphatic rings. The average molecular weight is 394 g/mol. The second kappa shape index (κ2) is 9.78. The van der Waals surface area contributed by atoms with Gasteiger partial charge in [0.25, 0.3) is 5.91 Å². The van der Waals surface area contributed by atoms with Gasteiger partial charge in [-0.25, -0.2) is 4.79 Å². The number of piperazine rings is 1. The van der Waals surface area contributed by atoms with E-state index in [9.17, 15) is 9.59 Å². The van der Waals surface area contributed by atoms with E-state index in [2.05, 4.69) is 0 Å². The Labute approximate surface area is 171 Å². The average Bonchev–Trinajstić information content (AvgIpc) is 2.78. The van der Waals surface area contributed by atoms with Crippen molar-refractivity contribution in [2.75, 3.05) is 39.9 Å². The summed E-state index contributed by atoms with van der Waals surface area (Å²) in [5, 5.41) is 0. The Hall–Kier alpha value is -3.28. The van der Waals surface area contributed by atoms with Crippen LogP contribution in [0.1, 0.15) is 18.1 Å². The molecule has 2 aromatic rings. The van der Waals surface area contributed by atoms with Crippen LogP contribution in [0.3, 0.4) is 0 Å². The van der Waals surface area contributed by atoms with Crippen LogP contribution in [0.5, 0.6) is 5.75 Å². The van der Waals surface area contributed by atoms with Crippen molar-refractivity contribution in [3.8, 4) is 5.75 Å². The molecule has 29 heavy (non-hydrogen) atoms. The molecule has 0 saturated carbocycles. The van der Waals surface area contributed by atoms with E-state index < -0.39 is 0 Å². The first-order chi connectivity index (χ1) is 14.1. The summed E-state index contributed by atoms with van der Waals surface area (Å²) in [5.74, 6) is 0.723. The number of hydrogen-bond donors (Lipinski definition) is 0. The number of hydrogen-bond acceptors (Lipinski definition) is 4. The highest BCUT2D eigenvalue weighted by Gasteiger charge is 2.27. The summed E-state index contributed by atoms with van der Waals surface area (Å²) >= 11 is 0. The molecule has 6 nitrogen and oxygen atoms in total. The summed E-state index contributed by atoms with van der Waals surface area (Å²) in [4.78, 5) is 28.7. The Balaban J connectivity index is 1.80. The van der Waals surface area contributed by atoms with Crippen LogP contribution in [0.25, 0.3) is 11.6 Å². The number of carbonyl (C=O) groups is 2. The molecular formula is C23H26N2O4. The van der Waals surface area contributed by atoms with Crippen molar-refractivity contribution < 1.29 is 19.1 Å². The number of benzene rings is 2. The van der Waals surface area contributed by atoms with Crippen molar-refractivity contribution in [2.24, 2.45) is 0 Å². The Bertz CT molecular complexity index is 854. The van der Waals surface area contributed by atoms with Gasteiger partial charge in [-0.15, -0.1) is 0 Å². The molecular weight excluding hydrogens is 368 g/mol. The van der Waals surface area contributed by atoms with Gasteiger partial charge in [-0.2, -0.15) is 0 Å². The largest absolute Gasteiger partial charge is 0.497 e. The van der Waals surface area contributed by atoms with Crippen molar-refractivity contribution >= 4 is 23.6 Å². The van der Waals surface area contributed by atoms with E-state index in [-0.39, 0.29) is 12.0 Å². The minimum atomic E-state index is -0.323. The van der Waals surface area contributed by atoms with E-state index in [0.717, 1.165) is 16.9 Å². The van der Waals surface area contributed by atoms with Gasteiger partial charge in [0.2, 0.25) is 0 Å². The fourth-order valence-corrected chi connectivity index (χ4v) is 3.23. The summed E-state index contributed by atoms with van der Waals surface area (Å²) in [6.07, 6.45) is 1.58. The molecule has 2 aromatic carbocycles. The van der Waals surface area contributed by atoms with Gasteiger partial charge in [-0.05, 0) is 36.3 Å². The van der Waals surface area contributed by atoms with E-state index >= 15 is 0 Å². The number of ether oxygens (including phenoxy) is 2. The maximum absolute atomic E-state index is 13.3. The lowest BCUT2D eigenvalue weighted by Crippen LogP contribution is -2.50. The van der Waals surface area contributed by atoms with Crippen molar-refractivity contribution in [1.29, 1.82) is 0 Å². The topological polar surface area (TPSA) is 59.1 Å². The Morgan fingerprint density at radius 3 is 2.14 bits per heavy atom. The van der Waals surface area contributed by atoms with E-state index in [4.69, 9.17) is 9.47 Å². The molecule has 0 unspecified atom stereocenters. The molecule has 0 radical (unpaired) electrons. The predicted octanol–water partition coefficient (Wildman–Crippen LogP) is 3.54. The molecule has 152 valence electrons. The second-order valence-electron chi connectivity index (χ2n) is 6.68. The molecule has 1 aliphatic heterocycles. The number of nitrogens with zero attached hydrogens (tertiary/aromatic N) is 2. The van der Waals surface area contributed by atoms with Gasteiger partial charge in [0, 0.05) is 31.8 Å². The Kier molecular flexibility index (Phi) is 6.89. The number of rotatable bonds is 5. The van der Waals surface area contributed by atoms with E-state index in [1.54, 1.807) is 23.8 Å². The molecule has 1 fully saturated rings. The quantitative estimate of drug-likeness (QED) is 0.575. The SMILES string of the molecule is CCOC(=O)N1CCN(C(=O)/C(=C/c2ccc(OC)cc2)c2ccccc2)CC1. The predicted molar refractivity (Wildman–Crippen MR) is 112 cm³/mol. The van der Waals surface area contributed by atoms with Crippen molar-refractivity contribution in [3.63, 3.8) is 0 Å². The van der Waals surface area contributed by atoms with Crippen LogP contribution >= 0.6 is 0 Å². The molecule has 1 saturated heterocycles. The molecule has 3 rings (SSSR count). The van der Waals surface area contributed by atoms with E-state index in [1.165, 1.54) is 0 Å². The molecule has 0 aromatic heterocycles. The minimum absolute atomic E-state index is 0.0458. The summed E-state index contributed by atoms with van der Waals surface area (Å²) in [6.45, 7) is 4.02. The molecule has 0 N–H and O–H groups in total. The Morgan fingerprint density at radius 1 is 0.931 bits per heavy atom. The normalized spacial score (nSPS) is 14.5. The van der Waals surface area contributed by atoms with Crippen molar-refractivity contribution in [1.82, 2.24) is 9.80 Å². The third-order valence-electron chi connectivity index (χ3n) is 4.83. The zero-order valence-corrected chi connectivity index (χ0v) is 16.8. The van der Waals surface area contributed by atoms with E-state index in [0.29, 0.717) is 38.4 Å². The van der Waals surface area contributed by atoms with Crippen LogP contribution in [-0.4, -0.2) is 61.7 Å². The maximum Gasteiger partial charge on any atom is 0.409 e. The fraction of sp³-hybridized carbons (Fsp3) is 0.304. The molecule has 0 aliphatic carbocycles. The third-order valence-corrected chi connectivity index (χ3v) is 4.83. The van der Waals surface area contributed by atoms with Gasteiger partial charge < -0.3 is 19.3 Å². The van der Waals surface area contributed by atoms with Crippen LogP contribution < -0.4 is 4.74 Å². The van der Waals surface area contributed by atoms with Crippen LogP contribution in [-0.2, 0) is 9.53 Å². The smallest absolute Gasteiger partial charge is 0.409 e. The standard InChI is InChI=1S/C23H26N2O4/c1-3-29-23(27)25-15-13-24(14-16-25)22(26)21(19-7-5-4-6-8-19)17-18-9-11-20(28-2)12-10-18/h4-12,17H,3,13-16H2,1-2H3/b21-17+. The Morgan fingerprint density at radius 2 is 1.55 bits per heavy atom. The summed E-state index contributed by atoms with van der Waals surface area (Å²) in [7, 11) is 1.62. The zero-order chi connectivity index (χ0) is 20.6. The van der Waals surface area contributed by atoms with Crippen molar-refractivity contribution in [3.05, 3.63) is 65.7 Å². The van der Waals surface area contributed by atoms with Gasteiger partial charge in [0.15, 0.2) is 0 Å². The first-order valence-corrected chi connectivity index (χ1v) is 9.74. The van der Waals surface area contributed by atoms with Crippen LogP contribution in [0.2, 0.25) is 0 Å². The van der Waals surface area contributed by atoms with Crippen LogP contribution in [0.15, 0.2) is 54.6 Å². The highest BCUT2D eigenvalue weighted by molar-refractivity contribution is 6.24. The van der Waals surface area contributed by atoms with E-state index in [1.807, 2.05) is 60.7 Å². The monoisotopic (exact) mass is 394 g/mol. The molecule has 0 spiro atoms. The first kappa shape index (κ1) is 20.5. The number of amides is 2. The maximum atomic E-state index is 13.3. The van der Waals surface area contributed by atoms with Gasteiger partial charge in [0.05, 0.1) is 13.7 Å². The molecule has 0 bridgehead atoms. The number of carbonyl (C=O) groups excluding carboxylic acids is 2. The summed E-state index contributed by atoms with van der Waals surface area (Å²) in [6, 6.07) is 17.2. The lowest BCUT2D eigenvalue weighted by molar-refractivity contribution is -0.126. The highest BCUT2D eigenvalue weighted by Crippen LogP contribution is 2.23. The lowest BCUT2D eigenvalue weighted by atomic mass is 10.0. The van der Waals surface area contributed by atoms with Crippen LogP contribution in [0.4, 0.5) is 4.79 Å². The molecule has 2 amide bonds. The summed E-state index contributed by atoms with van der Waals surface area (Å²) < 4.78 is 10.3. The van der Waals surface area contributed by atoms with Gasteiger partial charge in [-0.3, -0.25) is 4.79 Å². The second-order valence-corrected chi connectivity index (χ2v) is 6.68. The van der Waals surface area contributed by atoms with Crippen LogP contribution in [0, 0.1) is 0 Å². The molecule has 1 heterocycles. The fourth-order valence-electron chi connectivity index (χ4n) is 3.23. The third kappa shape index (κ3) is 5.16. The number of methoxy groups -OCH3 is 1. The minimum Gasteiger partial charge on any atom is -0.497 e. The highest BCUT2D eigenvalue weighted by atomic mass is 16.6. The van der Waals surface area contributed by atoms with Gasteiger partial charge in [0.1, 0.15) is 5.75 Å². The molecule has 0 atom stereocenters. The lowest BCUT2D eigenvalue weighted by Gasteiger charge is -2.34. The zero-order valence-electron chi connectivity index (χ0n) is 16.8. The summed E-state index contributed by atoms with van der Waals surface area (Å²) in [5.41, 5.74) is 2.41. The van der Waals surface area contributed by atoms with Crippen molar-refractivity contribution in [2.45, 2.75) is 6.92 Å². The van der Waals surface area contributed by atoms with Gasteiger partial charge in [-0.1, -0.05) is 42.5 Å². The first-order valence-electron chi connectivity index (χ1n) is 9.74. The van der Waals surface area contributed by atoms with Gasteiger partial charge >= 0.3 is 6.09 Å². The molecule has 6 heteroatoms.